The first-order chi connectivity index (χ1) is 11.4. The molecule has 2 N–H and O–H groups in total. The number of carbonyl (C=O) groups is 2. The summed E-state index contributed by atoms with van der Waals surface area (Å²) in [6.07, 6.45) is 0. The number of hydrogen-bond acceptors (Lipinski definition) is 2. The van der Waals surface area contributed by atoms with Crippen LogP contribution >= 0.6 is 11.6 Å². The van der Waals surface area contributed by atoms with Crippen molar-refractivity contribution >= 4 is 34.4 Å². The SMILES string of the molecule is Cc1c(-c2ccc(Cl)cc2)c2cc(C(=O)O)ccc2n1CC(=O)O. The Kier molecular flexibility index (Phi) is 4.03. The van der Waals surface area contributed by atoms with E-state index in [1.165, 1.54) is 6.07 Å². The van der Waals surface area contributed by atoms with Gasteiger partial charge in [0.25, 0.3) is 0 Å². The summed E-state index contributed by atoms with van der Waals surface area (Å²) in [6, 6.07) is 11.9. The Morgan fingerprint density at radius 2 is 1.75 bits per heavy atom. The van der Waals surface area contributed by atoms with E-state index in [0.717, 1.165) is 16.8 Å². The van der Waals surface area contributed by atoms with Crippen LogP contribution in [0.4, 0.5) is 0 Å². The summed E-state index contributed by atoms with van der Waals surface area (Å²) in [6.45, 7) is 1.63. The van der Waals surface area contributed by atoms with Crippen molar-refractivity contribution in [2.24, 2.45) is 0 Å². The number of fused-ring (bicyclic) bond motifs is 1. The predicted molar refractivity (Wildman–Crippen MR) is 91.7 cm³/mol. The highest BCUT2D eigenvalue weighted by Gasteiger charge is 2.18. The highest BCUT2D eigenvalue weighted by molar-refractivity contribution is 6.30. The van der Waals surface area contributed by atoms with Crippen molar-refractivity contribution in [1.82, 2.24) is 4.57 Å². The molecule has 122 valence electrons. The Morgan fingerprint density at radius 1 is 1.08 bits per heavy atom. The molecule has 0 bridgehead atoms. The van der Waals surface area contributed by atoms with Gasteiger partial charge in [0.1, 0.15) is 6.54 Å². The van der Waals surface area contributed by atoms with Crippen LogP contribution in [0.3, 0.4) is 0 Å². The van der Waals surface area contributed by atoms with Gasteiger partial charge in [0, 0.05) is 27.2 Å². The summed E-state index contributed by atoms with van der Waals surface area (Å²) in [5.41, 5.74) is 3.27. The standard InChI is InChI=1S/C18H14ClNO4/c1-10-17(11-2-5-13(19)6-3-11)14-8-12(18(23)24)4-7-15(14)20(10)9-16(21)22/h2-8H,9H2,1H3,(H,21,22)(H,23,24). The summed E-state index contributed by atoms with van der Waals surface area (Å²) in [4.78, 5) is 22.5. The molecule has 0 radical (unpaired) electrons. The maximum absolute atomic E-state index is 11.3. The Hall–Kier alpha value is -2.79. The Balaban J connectivity index is 2.34. The smallest absolute Gasteiger partial charge is 0.335 e. The minimum absolute atomic E-state index is 0.158. The summed E-state index contributed by atoms with van der Waals surface area (Å²) in [5.74, 6) is -1.98. The zero-order chi connectivity index (χ0) is 17.4. The van der Waals surface area contributed by atoms with Gasteiger partial charge >= 0.3 is 11.9 Å². The number of carboxylic acid groups (broad SMARTS) is 2. The van der Waals surface area contributed by atoms with Crippen LogP contribution < -0.4 is 0 Å². The first-order valence-corrected chi connectivity index (χ1v) is 7.60. The predicted octanol–water partition coefficient (Wildman–Crippen LogP) is 4.05. The number of rotatable bonds is 4. The molecule has 0 unspecified atom stereocenters. The molecule has 0 spiro atoms. The molecule has 0 atom stereocenters. The molecule has 1 heterocycles. The summed E-state index contributed by atoms with van der Waals surface area (Å²) >= 11 is 5.94. The van der Waals surface area contributed by atoms with Gasteiger partial charge < -0.3 is 14.8 Å². The van der Waals surface area contributed by atoms with Crippen molar-refractivity contribution in [2.45, 2.75) is 13.5 Å². The monoisotopic (exact) mass is 343 g/mol. The molecular formula is C18H14ClNO4. The summed E-state index contributed by atoms with van der Waals surface area (Å²) in [5, 5.41) is 19.7. The van der Waals surface area contributed by atoms with Gasteiger partial charge in [0.15, 0.2) is 0 Å². The van der Waals surface area contributed by atoms with E-state index in [9.17, 15) is 19.8 Å². The molecule has 0 aliphatic heterocycles. The van der Waals surface area contributed by atoms with Crippen LogP contribution in [0.15, 0.2) is 42.5 Å². The number of benzene rings is 2. The maximum atomic E-state index is 11.3. The molecule has 3 rings (SSSR count). The van der Waals surface area contributed by atoms with Gasteiger partial charge in [-0.05, 0) is 42.8 Å². The van der Waals surface area contributed by atoms with Crippen molar-refractivity contribution in [3.05, 3.63) is 58.7 Å². The van der Waals surface area contributed by atoms with Crippen LogP contribution in [0, 0.1) is 6.92 Å². The maximum Gasteiger partial charge on any atom is 0.335 e. The topological polar surface area (TPSA) is 79.5 Å². The lowest BCUT2D eigenvalue weighted by Gasteiger charge is -2.06. The van der Waals surface area contributed by atoms with Crippen LogP contribution in [-0.4, -0.2) is 26.7 Å². The van der Waals surface area contributed by atoms with E-state index in [1.54, 1.807) is 28.8 Å². The van der Waals surface area contributed by atoms with Crippen LogP contribution in [0.1, 0.15) is 16.1 Å². The van der Waals surface area contributed by atoms with Crippen LogP contribution in [0.5, 0.6) is 0 Å². The fourth-order valence-electron chi connectivity index (χ4n) is 2.94. The molecule has 5 nitrogen and oxygen atoms in total. The second-order valence-electron chi connectivity index (χ2n) is 5.48. The minimum Gasteiger partial charge on any atom is -0.480 e. The molecule has 0 amide bonds. The Labute approximate surface area is 142 Å². The highest BCUT2D eigenvalue weighted by atomic mass is 35.5. The molecule has 0 aliphatic carbocycles. The van der Waals surface area contributed by atoms with Crippen molar-refractivity contribution in [1.29, 1.82) is 0 Å². The number of aliphatic carboxylic acids is 1. The lowest BCUT2D eigenvalue weighted by Crippen LogP contribution is -2.10. The first kappa shape index (κ1) is 16.1. The molecule has 2 aromatic carbocycles. The van der Waals surface area contributed by atoms with Gasteiger partial charge in [-0.1, -0.05) is 23.7 Å². The number of carboxylic acids is 2. The molecule has 0 saturated heterocycles. The third-order valence-corrected chi connectivity index (χ3v) is 4.25. The Morgan fingerprint density at radius 3 is 2.33 bits per heavy atom. The second kappa shape index (κ2) is 6.02. The number of aromatic nitrogens is 1. The van der Waals surface area contributed by atoms with Crippen LogP contribution in [0.25, 0.3) is 22.0 Å². The molecule has 0 fully saturated rings. The molecule has 24 heavy (non-hydrogen) atoms. The largest absolute Gasteiger partial charge is 0.480 e. The molecule has 0 aliphatic rings. The second-order valence-corrected chi connectivity index (χ2v) is 5.92. The fraction of sp³-hybridized carbons (Fsp3) is 0.111. The van der Waals surface area contributed by atoms with E-state index in [2.05, 4.69) is 0 Å². The number of nitrogens with zero attached hydrogens (tertiary/aromatic N) is 1. The molecule has 1 aromatic heterocycles. The molecule has 0 saturated carbocycles. The molecular weight excluding hydrogens is 330 g/mol. The highest BCUT2D eigenvalue weighted by Crippen LogP contribution is 2.35. The average molecular weight is 344 g/mol. The van der Waals surface area contributed by atoms with Gasteiger partial charge in [-0.3, -0.25) is 4.79 Å². The summed E-state index contributed by atoms with van der Waals surface area (Å²) in [7, 11) is 0. The van der Waals surface area contributed by atoms with E-state index >= 15 is 0 Å². The van der Waals surface area contributed by atoms with Crippen molar-refractivity contribution in [2.75, 3.05) is 0 Å². The van der Waals surface area contributed by atoms with Crippen LogP contribution in [-0.2, 0) is 11.3 Å². The van der Waals surface area contributed by atoms with Gasteiger partial charge in [-0.15, -0.1) is 0 Å². The number of halogens is 1. The minimum atomic E-state index is -1.03. The third-order valence-electron chi connectivity index (χ3n) is 4.00. The first-order valence-electron chi connectivity index (χ1n) is 7.22. The number of aromatic carboxylic acids is 1. The van der Waals surface area contributed by atoms with Crippen molar-refractivity contribution < 1.29 is 19.8 Å². The zero-order valence-electron chi connectivity index (χ0n) is 12.8. The average Bonchev–Trinajstić information content (AvgIpc) is 2.79. The Bertz CT molecular complexity index is 957. The van der Waals surface area contributed by atoms with E-state index in [-0.39, 0.29) is 12.1 Å². The zero-order valence-corrected chi connectivity index (χ0v) is 13.5. The van der Waals surface area contributed by atoms with Crippen molar-refractivity contribution in [3.63, 3.8) is 0 Å². The normalized spacial score (nSPS) is 10.9. The van der Waals surface area contributed by atoms with Gasteiger partial charge in [0.2, 0.25) is 0 Å². The van der Waals surface area contributed by atoms with Crippen molar-refractivity contribution in [3.8, 4) is 11.1 Å². The number of hydrogen-bond donors (Lipinski definition) is 2. The lowest BCUT2D eigenvalue weighted by atomic mass is 10.0. The van der Waals surface area contributed by atoms with Gasteiger partial charge in [-0.25, -0.2) is 4.79 Å². The van der Waals surface area contributed by atoms with E-state index in [1.807, 2.05) is 19.1 Å². The van der Waals surface area contributed by atoms with Gasteiger partial charge in [0.05, 0.1) is 5.56 Å². The molecule has 3 aromatic rings. The van der Waals surface area contributed by atoms with E-state index in [0.29, 0.717) is 15.9 Å². The van der Waals surface area contributed by atoms with Crippen LogP contribution in [0.2, 0.25) is 5.02 Å². The lowest BCUT2D eigenvalue weighted by molar-refractivity contribution is -0.137. The summed E-state index contributed by atoms with van der Waals surface area (Å²) < 4.78 is 1.67. The fourth-order valence-corrected chi connectivity index (χ4v) is 3.06. The van der Waals surface area contributed by atoms with Gasteiger partial charge in [-0.2, -0.15) is 0 Å². The third kappa shape index (κ3) is 2.74. The van der Waals surface area contributed by atoms with E-state index < -0.39 is 11.9 Å². The molecule has 6 heteroatoms. The quantitative estimate of drug-likeness (QED) is 0.748. The van der Waals surface area contributed by atoms with E-state index in [4.69, 9.17) is 11.6 Å².